The molecule has 3 N–H and O–H groups in total. The Balaban J connectivity index is 2.22. The van der Waals surface area contributed by atoms with E-state index in [2.05, 4.69) is 9.71 Å². The first-order valence-corrected chi connectivity index (χ1v) is 8.67. The van der Waals surface area contributed by atoms with Crippen molar-refractivity contribution >= 4 is 27.0 Å². The van der Waals surface area contributed by atoms with Gasteiger partial charge in [0.05, 0.1) is 18.5 Å². The Morgan fingerprint density at radius 1 is 1.43 bits per heavy atom. The number of aryl methyl sites for hydroxylation is 1. The van der Waals surface area contributed by atoms with Gasteiger partial charge in [-0.15, -0.1) is 11.3 Å². The second kappa shape index (κ2) is 6.42. The number of anilines is 1. The number of hydrogen-bond acceptors (Lipinski definition) is 6. The molecule has 0 aliphatic carbocycles. The zero-order valence-corrected chi connectivity index (χ0v) is 13.4. The average molecular weight is 327 g/mol. The van der Waals surface area contributed by atoms with Gasteiger partial charge in [0.15, 0.2) is 0 Å². The van der Waals surface area contributed by atoms with E-state index in [0.717, 1.165) is 4.88 Å². The monoisotopic (exact) mass is 327 g/mol. The maximum atomic E-state index is 12.4. The fourth-order valence-electron chi connectivity index (χ4n) is 1.78. The molecule has 21 heavy (non-hydrogen) atoms. The van der Waals surface area contributed by atoms with Crippen LogP contribution in [0.4, 0.5) is 5.69 Å². The van der Waals surface area contributed by atoms with Gasteiger partial charge in [-0.05, 0) is 26.0 Å². The number of nitrogens with two attached hydrogens (primary N) is 1. The molecule has 0 saturated carbocycles. The molecule has 0 amide bonds. The van der Waals surface area contributed by atoms with Gasteiger partial charge in [0, 0.05) is 22.4 Å². The number of nitrogens with zero attached hydrogens (tertiary/aromatic N) is 1. The average Bonchev–Trinajstić information content (AvgIpc) is 2.83. The molecule has 0 atom stereocenters. The predicted molar refractivity (Wildman–Crippen MR) is 83.2 cm³/mol. The van der Waals surface area contributed by atoms with E-state index in [9.17, 15) is 8.42 Å². The molecule has 0 bridgehead atoms. The van der Waals surface area contributed by atoms with Crippen molar-refractivity contribution in [2.45, 2.75) is 25.3 Å². The molecule has 0 saturated heterocycles. The zero-order valence-electron chi connectivity index (χ0n) is 11.8. The topological polar surface area (TPSA) is 94.3 Å². The first-order chi connectivity index (χ1) is 9.96. The zero-order chi connectivity index (χ0) is 15.5. The summed E-state index contributed by atoms with van der Waals surface area (Å²) in [7, 11) is -3.63. The molecular weight excluding hydrogens is 310 g/mol. The van der Waals surface area contributed by atoms with Crippen LogP contribution in [0.15, 0.2) is 29.3 Å². The maximum absolute atomic E-state index is 12.4. The first kappa shape index (κ1) is 15.7. The van der Waals surface area contributed by atoms with Crippen molar-refractivity contribution < 1.29 is 13.2 Å². The van der Waals surface area contributed by atoms with Crippen LogP contribution in [0.5, 0.6) is 5.88 Å². The van der Waals surface area contributed by atoms with Crippen molar-refractivity contribution in [3.05, 3.63) is 34.2 Å². The Labute approximate surface area is 128 Å². The molecular formula is C13H17N3O3S2. The molecule has 2 aromatic rings. The van der Waals surface area contributed by atoms with Crippen LogP contribution in [-0.2, 0) is 16.6 Å². The van der Waals surface area contributed by atoms with E-state index in [1.165, 1.54) is 17.5 Å². The highest BCUT2D eigenvalue weighted by Crippen LogP contribution is 2.27. The Hall–Kier alpha value is -1.64. The van der Waals surface area contributed by atoms with Crippen LogP contribution in [0.2, 0.25) is 0 Å². The quantitative estimate of drug-likeness (QED) is 0.847. The molecule has 2 heterocycles. The highest BCUT2D eigenvalue weighted by Gasteiger charge is 2.20. The second-order valence-electron chi connectivity index (χ2n) is 4.26. The Morgan fingerprint density at radius 2 is 2.19 bits per heavy atom. The lowest BCUT2D eigenvalue weighted by Gasteiger charge is -2.08. The smallest absolute Gasteiger partial charge is 0.263 e. The Bertz CT molecular complexity index is 709. The summed E-state index contributed by atoms with van der Waals surface area (Å²) < 4.78 is 32.4. The number of ether oxygens (including phenoxy) is 1. The number of thiophene rings is 1. The standard InChI is InChI=1S/C13H17N3O3S2/c1-3-19-13-5-4-10(8-15-13)16-21(17,18)12-6-11(7-14)20-9(12)2/h4-6,8,16H,3,7,14H2,1-2H3. The summed E-state index contributed by atoms with van der Waals surface area (Å²) in [6, 6.07) is 4.83. The molecule has 0 radical (unpaired) electrons. The normalized spacial score (nSPS) is 11.4. The largest absolute Gasteiger partial charge is 0.478 e. The first-order valence-electron chi connectivity index (χ1n) is 6.37. The minimum atomic E-state index is -3.63. The fraction of sp³-hybridized carbons (Fsp3) is 0.308. The molecule has 2 aromatic heterocycles. The summed E-state index contributed by atoms with van der Waals surface area (Å²) in [6.45, 7) is 4.45. The molecule has 0 fully saturated rings. The van der Waals surface area contributed by atoms with E-state index >= 15 is 0 Å². The minimum Gasteiger partial charge on any atom is -0.478 e. The Morgan fingerprint density at radius 3 is 2.71 bits per heavy atom. The van der Waals surface area contributed by atoms with Crippen LogP contribution in [0, 0.1) is 6.92 Å². The molecule has 8 heteroatoms. The van der Waals surface area contributed by atoms with E-state index in [4.69, 9.17) is 10.5 Å². The van der Waals surface area contributed by atoms with Crippen LogP contribution < -0.4 is 15.2 Å². The number of pyridine rings is 1. The van der Waals surface area contributed by atoms with E-state index in [-0.39, 0.29) is 4.90 Å². The molecule has 0 aromatic carbocycles. The third kappa shape index (κ3) is 3.72. The summed E-state index contributed by atoms with van der Waals surface area (Å²) in [6.07, 6.45) is 1.42. The van der Waals surface area contributed by atoms with Gasteiger partial charge in [0.2, 0.25) is 5.88 Å². The highest BCUT2D eigenvalue weighted by molar-refractivity contribution is 7.93. The summed E-state index contributed by atoms with van der Waals surface area (Å²) >= 11 is 1.38. The van der Waals surface area contributed by atoms with E-state index < -0.39 is 10.0 Å². The van der Waals surface area contributed by atoms with Gasteiger partial charge < -0.3 is 10.5 Å². The van der Waals surface area contributed by atoms with Gasteiger partial charge in [0.25, 0.3) is 10.0 Å². The fourth-order valence-corrected chi connectivity index (χ4v) is 4.33. The van der Waals surface area contributed by atoms with Crippen molar-refractivity contribution in [2.24, 2.45) is 5.73 Å². The van der Waals surface area contributed by atoms with E-state index in [0.29, 0.717) is 29.6 Å². The molecule has 0 spiro atoms. The summed E-state index contributed by atoms with van der Waals surface area (Å²) in [5, 5.41) is 0. The lowest BCUT2D eigenvalue weighted by molar-refractivity contribution is 0.327. The SMILES string of the molecule is CCOc1ccc(NS(=O)(=O)c2cc(CN)sc2C)cn1. The molecule has 0 unspecified atom stereocenters. The number of sulfonamides is 1. The van der Waals surface area contributed by atoms with Crippen LogP contribution >= 0.6 is 11.3 Å². The van der Waals surface area contributed by atoms with Crippen LogP contribution in [0.1, 0.15) is 16.7 Å². The van der Waals surface area contributed by atoms with Crippen LogP contribution in [-0.4, -0.2) is 20.0 Å². The van der Waals surface area contributed by atoms with Gasteiger partial charge in [-0.1, -0.05) is 0 Å². The van der Waals surface area contributed by atoms with Crippen molar-refractivity contribution in [1.29, 1.82) is 0 Å². The van der Waals surface area contributed by atoms with Crippen molar-refractivity contribution in [3.8, 4) is 5.88 Å². The maximum Gasteiger partial charge on any atom is 0.263 e. The summed E-state index contributed by atoms with van der Waals surface area (Å²) in [4.78, 5) is 5.82. The molecule has 0 aliphatic heterocycles. The lowest BCUT2D eigenvalue weighted by atomic mass is 10.4. The minimum absolute atomic E-state index is 0.252. The van der Waals surface area contributed by atoms with Crippen molar-refractivity contribution in [3.63, 3.8) is 0 Å². The number of rotatable bonds is 6. The van der Waals surface area contributed by atoms with Crippen molar-refractivity contribution in [1.82, 2.24) is 4.98 Å². The Kier molecular flexibility index (Phi) is 4.81. The molecule has 0 aliphatic rings. The number of hydrogen-bond donors (Lipinski definition) is 2. The third-order valence-corrected chi connectivity index (χ3v) is 5.40. The second-order valence-corrected chi connectivity index (χ2v) is 7.25. The van der Waals surface area contributed by atoms with Gasteiger partial charge in [0.1, 0.15) is 4.90 Å². The van der Waals surface area contributed by atoms with Crippen molar-refractivity contribution in [2.75, 3.05) is 11.3 Å². The highest BCUT2D eigenvalue weighted by atomic mass is 32.2. The number of nitrogens with one attached hydrogen (secondary N) is 1. The lowest BCUT2D eigenvalue weighted by Crippen LogP contribution is -2.13. The van der Waals surface area contributed by atoms with Crippen LogP contribution in [0.25, 0.3) is 0 Å². The summed E-state index contributed by atoms with van der Waals surface area (Å²) in [5.41, 5.74) is 5.93. The summed E-state index contributed by atoms with van der Waals surface area (Å²) in [5.74, 6) is 0.456. The van der Waals surface area contributed by atoms with Crippen LogP contribution in [0.3, 0.4) is 0 Å². The predicted octanol–water partition coefficient (Wildman–Crippen LogP) is 2.11. The molecule has 6 nitrogen and oxygen atoms in total. The number of aromatic nitrogens is 1. The third-order valence-electron chi connectivity index (χ3n) is 2.69. The van der Waals surface area contributed by atoms with Gasteiger partial charge in [-0.2, -0.15) is 0 Å². The van der Waals surface area contributed by atoms with Gasteiger partial charge in [-0.3, -0.25) is 4.72 Å². The van der Waals surface area contributed by atoms with Gasteiger partial charge in [-0.25, -0.2) is 13.4 Å². The van der Waals surface area contributed by atoms with Gasteiger partial charge >= 0.3 is 0 Å². The molecule has 114 valence electrons. The molecule has 2 rings (SSSR count). The van der Waals surface area contributed by atoms with E-state index in [1.54, 1.807) is 25.1 Å². The van der Waals surface area contributed by atoms with E-state index in [1.807, 2.05) is 6.92 Å².